The Kier molecular flexibility index (Phi) is 8.25. The van der Waals surface area contributed by atoms with Crippen LogP contribution in [0, 0.1) is 0 Å². The summed E-state index contributed by atoms with van der Waals surface area (Å²) < 4.78 is 3.49. The molecule has 4 rings (SSSR count). The maximum atomic E-state index is 12.5. The number of aromatic nitrogens is 2. The van der Waals surface area contributed by atoms with Crippen molar-refractivity contribution in [2.75, 3.05) is 17.7 Å². The highest BCUT2D eigenvalue weighted by Gasteiger charge is 2.16. The molecule has 36 heavy (non-hydrogen) atoms. The van der Waals surface area contributed by atoms with Crippen LogP contribution in [-0.4, -0.2) is 28.6 Å². The zero-order valence-corrected chi connectivity index (χ0v) is 22.4. The number of amides is 2. The van der Waals surface area contributed by atoms with Gasteiger partial charge in [-0.2, -0.15) is 0 Å². The third kappa shape index (κ3) is 7.07. The van der Waals surface area contributed by atoms with E-state index in [1.807, 2.05) is 55.7 Å². The van der Waals surface area contributed by atoms with Crippen LogP contribution in [0.25, 0.3) is 21.0 Å². The molecule has 0 spiro atoms. The van der Waals surface area contributed by atoms with E-state index in [9.17, 15) is 4.79 Å². The van der Waals surface area contributed by atoms with E-state index in [2.05, 4.69) is 63.5 Å². The first kappa shape index (κ1) is 25.7. The molecule has 2 aromatic heterocycles. The molecule has 0 aliphatic heterocycles. The van der Waals surface area contributed by atoms with Gasteiger partial charge >= 0.3 is 6.03 Å². The van der Waals surface area contributed by atoms with Crippen LogP contribution in [0.1, 0.15) is 26.3 Å². The van der Waals surface area contributed by atoms with Crippen LogP contribution in [0.15, 0.2) is 78.1 Å². The Balaban J connectivity index is 1.53. The van der Waals surface area contributed by atoms with Crippen LogP contribution in [0.4, 0.5) is 16.2 Å². The summed E-state index contributed by atoms with van der Waals surface area (Å²) in [6.45, 7) is 6.79. The maximum absolute atomic E-state index is 12.5. The lowest BCUT2D eigenvalue weighted by molar-refractivity contribution is 0.251. The van der Waals surface area contributed by atoms with Crippen LogP contribution in [0.5, 0.6) is 0 Å². The molecule has 2 heterocycles. The van der Waals surface area contributed by atoms with Crippen molar-refractivity contribution >= 4 is 40.7 Å². The minimum Gasteiger partial charge on any atom is -0.388 e. The summed E-state index contributed by atoms with van der Waals surface area (Å²) in [7, 11) is 1.91. The van der Waals surface area contributed by atoms with Crippen molar-refractivity contribution in [3.63, 3.8) is 0 Å². The van der Waals surface area contributed by atoms with Crippen molar-refractivity contribution in [1.29, 1.82) is 0 Å². The Morgan fingerprint density at radius 2 is 1.72 bits per heavy atom. The highest BCUT2D eigenvalue weighted by molar-refractivity contribution is 7.97. The van der Waals surface area contributed by atoms with Crippen molar-refractivity contribution in [2.45, 2.75) is 37.8 Å². The number of thiazole rings is 1. The predicted molar refractivity (Wildman–Crippen MR) is 151 cm³/mol. The highest BCUT2D eigenvalue weighted by Crippen LogP contribution is 2.38. The van der Waals surface area contributed by atoms with Crippen molar-refractivity contribution in [1.82, 2.24) is 20.0 Å². The van der Waals surface area contributed by atoms with Crippen LogP contribution in [-0.2, 0) is 6.54 Å². The van der Waals surface area contributed by atoms with Crippen LogP contribution >= 0.6 is 23.3 Å². The van der Waals surface area contributed by atoms with E-state index in [0.717, 1.165) is 42.8 Å². The van der Waals surface area contributed by atoms with Gasteiger partial charge in [0, 0.05) is 65.1 Å². The minimum absolute atomic E-state index is 0.0821. The monoisotopic (exact) mass is 518 g/mol. The van der Waals surface area contributed by atoms with Gasteiger partial charge in [0.15, 0.2) is 0 Å². The second-order valence-electron chi connectivity index (χ2n) is 9.19. The lowest BCUT2D eigenvalue weighted by atomic mass is 10.1. The molecule has 2 amide bonds. The van der Waals surface area contributed by atoms with E-state index in [-0.39, 0.29) is 11.6 Å². The molecule has 0 fully saturated rings. The Morgan fingerprint density at radius 3 is 2.42 bits per heavy atom. The molecule has 0 unspecified atom stereocenters. The van der Waals surface area contributed by atoms with E-state index in [1.165, 1.54) is 0 Å². The maximum Gasteiger partial charge on any atom is 0.319 e. The molecule has 0 radical (unpaired) electrons. The van der Waals surface area contributed by atoms with Crippen molar-refractivity contribution in [2.24, 2.45) is 0 Å². The number of carbonyl (C=O) groups excluding carboxylic acids is 1. The summed E-state index contributed by atoms with van der Waals surface area (Å²) in [4.78, 5) is 23.3. The Hall–Kier alpha value is -3.40. The molecule has 0 saturated carbocycles. The second-order valence-corrected chi connectivity index (χ2v) is 11.1. The number of hydrogen-bond donors (Lipinski definition) is 4. The molecule has 186 valence electrons. The van der Waals surface area contributed by atoms with Gasteiger partial charge in [0.25, 0.3) is 0 Å². The van der Waals surface area contributed by atoms with Crippen molar-refractivity contribution < 1.29 is 4.79 Å². The van der Waals surface area contributed by atoms with Gasteiger partial charge in [-0.1, -0.05) is 6.07 Å². The summed E-state index contributed by atoms with van der Waals surface area (Å²) in [6.07, 6.45) is 5.33. The number of benzene rings is 2. The number of hydrogen-bond acceptors (Lipinski definition) is 7. The molecule has 0 saturated heterocycles. The molecule has 9 heteroatoms. The second kappa shape index (κ2) is 11.6. The van der Waals surface area contributed by atoms with Gasteiger partial charge in [-0.15, -0.1) is 11.3 Å². The van der Waals surface area contributed by atoms with Gasteiger partial charge in [0.1, 0.15) is 5.01 Å². The standard InChI is InChI=1S/C27H30N6OS2/c1-27(2,3)33-36-23-15-21(32-26(34)31-16-18-11-13-29-14-12-18)9-10-22(23)24-17-30-25(35-24)19-5-7-20(28-4)8-6-19/h5-15,17,28,33H,16H2,1-4H3,(H2,31,32,34). The zero-order valence-electron chi connectivity index (χ0n) is 20.8. The van der Waals surface area contributed by atoms with Gasteiger partial charge in [-0.05, 0) is 86.8 Å². The normalized spacial score (nSPS) is 11.2. The van der Waals surface area contributed by atoms with E-state index >= 15 is 0 Å². The van der Waals surface area contributed by atoms with E-state index < -0.39 is 0 Å². The number of nitrogens with zero attached hydrogens (tertiary/aromatic N) is 2. The third-order valence-corrected chi connectivity index (χ3v) is 7.45. The molecule has 0 bridgehead atoms. The first-order chi connectivity index (χ1) is 17.3. The fourth-order valence-electron chi connectivity index (χ4n) is 3.27. The molecule has 4 aromatic rings. The lowest BCUT2D eigenvalue weighted by Gasteiger charge is -2.21. The number of urea groups is 1. The third-order valence-electron chi connectivity index (χ3n) is 5.10. The molecule has 0 aliphatic rings. The zero-order chi connectivity index (χ0) is 25.5. The molecule has 7 nitrogen and oxygen atoms in total. The molecule has 2 aromatic carbocycles. The Morgan fingerprint density at radius 1 is 1.00 bits per heavy atom. The van der Waals surface area contributed by atoms with Gasteiger partial charge in [0.05, 0.1) is 4.88 Å². The molecule has 0 atom stereocenters. The van der Waals surface area contributed by atoms with Gasteiger partial charge in [-0.25, -0.2) is 9.78 Å². The molecule has 0 aliphatic carbocycles. The smallest absolute Gasteiger partial charge is 0.319 e. The summed E-state index contributed by atoms with van der Waals surface area (Å²) in [5.41, 5.74) is 4.84. The van der Waals surface area contributed by atoms with Crippen LogP contribution < -0.4 is 20.7 Å². The summed E-state index contributed by atoms with van der Waals surface area (Å²) in [5, 5.41) is 9.94. The molecule has 4 N–H and O–H groups in total. The van der Waals surface area contributed by atoms with Crippen LogP contribution in [0.2, 0.25) is 0 Å². The quantitative estimate of drug-likeness (QED) is 0.196. The van der Waals surface area contributed by atoms with E-state index in [1.54, 1.807) is 35.7 Å². The fraction of sp³-hybridized carbons (Fsp3) is 0.222. The van der Waals surface area contributed by atoms with Gasteiger partial charge < -0.3 is 16.0 Å². The number of pyridine rings is 1. The topological polar surface area (TPSA) is 91.0 Å². The number of rotatable bonds is 8. The first-order valence-corrected chi connectivity index (χ1v) is 13.2. The van der Waals surface area contributed by atoms with Gasteiger partial charge in [0.2, 0.25) is 0 Å². The van der Waals surface area contributed by atoms with Gasteiger partial charge in [-0.3, -0.25) is 9.71 Å². The average molecular weight is 519 g/mol. The number of nitrogens with one attached hydrogen (secondary N) is 4. The van der Waals surface area contributed by atoms with Crippen molar-refractivity contribution in [3.8, 4) is 21.0 Å². The van der Waals surface area contributed by atoms with Crippen molar-refractivity contribution in [3.05, 3.63) is 78.8 Å². The number of carbonyl (C=O) groups is 1. The predicted octanol–water partition coefficient (Wildman–Crippen LogP) is 6.63. The highest BCUT2D eigenvalue weighted by atomic mass is 32.2. The minimum atomic E-state index is -0.260. The largest absolute Gasteiger partial charge is 0.388 e. The van der Waals surface area contributed by atoms with E-state index in [0.29, 0.717) is 6.54 Å². The lowest BCUT2D eigenvalue weighted by Crippen LogP contribution is -2.30. The molecular weight excluding hydrogens is 488 g/mol. The summed E-state index contributed by atoms with van der Waals surface area (Å²) >= 11 is 3.20. The average Bonchev–Trinajstić information content (AvgIpc) is 3.37. The Labute approximate surface area is 220 Å². The van der Waals surface area contributed by atoms with E-state index in [4.69, 9.17) is 0 Å². The first-order valence-electron chi connectivity index (χ1n) is 11.6. The SMILES string of the molecule is CNc1ccc(-c2ncc(-c3ccc(NC(=O)NCc4ccncc4)cc3SNC(C)(C)C)s2)cc1. The molecular formula is C27H30N6OS2. The van der Waals surface area contributed by atoms with Crippen LogP contribution in [0.3, 0.4) is 0 Å². The summed E-state index contributed by atoms with van der Waals surface area (Å²) in [6, 6.07) is 17.7. The summed E-state index contributed by atoms with van der Waals surface area (Å²) in [5.74, 6) is 0. The number of anilines is 2. The Bertz CT molecular complexity index is 1300. The fourth-order valence-corrected chi connectivity index (χ4v) is 5.18.